The molecule has 3 nitrogen and oxygen atoms in total. The van der Waals surface area contributed by atoms with Crippen LogP contribution in [0.15, 0.2) is 18.5 Å². The van der Waals surface area contributed by atoms with Crippen molar-refractivity contribution in [3.05, 3.63) is 24.0 Å². The molecule has 1 rings (SSSR count). The SMILES string of the molecule is C#CC(NCCC)c1ccncc1OC. The number of methoxy groups -OCH3 is 1. The van der Waals surface area contributed by atoms with Crippen LogP contribution in [0.1, 0.15) is 24.9 Å². The third kappa shape index (κ3) is 2.97. The highest BCUT2D eigenvalue weighted by Gasteiger charge is 2.12. The second-order valence-electron chi connectivity index (χ2n) is 3.17. The topological polar surface area (TPSA) is 34.2 Å². The van der Waals surface area contributed by atoms with Gasteiger partial charge in [0, 0.05) is 11.8 Å². The van der Waals surface area contributed by atoms with Gasteiger partial charge in [0.25, 0.3) is 0 Å². The summed E-state index contributed by atoms with van der Waals surface area (Å²) in [6.07, 6.45) is 9.92. The fourth-order valence-electron chi connectivity index (χ4n) is 1.35. The highest BCUT2D eigenvalue weighted by molar-refractivity contribution is 5.36. The van der Waals surface area contributed by atoms with Gasteiger partial charge in [-0.25, -0.2) is 0 Å². The van der Waals surface area contributed by atoms with Gasteiger partial charge >= 0.3 is 0 Å². The van der Waals surface area contributed by atoms with Gasteiger partial charge in [0.05, 0.1) is 19.3 Å². The molecule has 0 saturated carbocycles. The van der Waals surface area contributed by atoms with E-state index in [2.05, 4.69) is 23.1 Å². The third-order valence-corrected chi connectivity index (χ3v) is 2.11. The Hall–Kier alpha value is -1.53. The van der Waals surface area contributed by atoms with E-state index in [0.717, 1.165) is 24.3 Å². The standard InChI is InChI=1S/C12H16N2O/c1-4-7-14-11(5-2)10-6-8-13-9-12(10)15-3/h2,6,8-9,11,14H,4,7H2,1,3H3. The van der Waals surface area contributed by atoms with E-state index < -0.39 is 0 Å². The molecule has 1 unspecified atom stereocenters. The molecule has 1 aromatic rings. The summed E-state index contributed by atoms with van der Waals surface area (Å²) < 4.78 is 5.21. The van der Waals surface area contributed by atoms with Gasteiger partial charge in [0.2, 0.25) is 0 Å². The number of aromatic nitrogens is 1. The minimum atomic E-state index is -0.108. The van der Waals surface area contributed by atoms with Crippen molar-refractivity contribution in [2.24, 2.45) is 0 Å². The lowest BCUT2D eigenvalue weighted by atomic mass is 10.1. The summed E-state index contributed by atoms with van der Waals surface area (Å²) in [6.45, 7) is 2.99. The number of hydrogen-bond donors (Lipinski definition) is 1. The summed E-state index contributed by atoms with van der Waals surface area (Å²) in [5, 5.41) is 3.27. The maximum absolute atomic E-state index is 5.48. The Morgan fingerprint density at radius 2 is 2.47 bits per heavy atom. The summed E-state index contributed by atoms with van der Waals surface area (Å²) in [6, 6.07) is 1.77. The molecule has 0 radical (unpaired) electrons. The van der Waals surface area contributed by atoms with Crippen molar-refractivity contribution < 1.29 is 4.74 Å². The number of rotatable bonds is 5. The molecule has 0 amide bonds. The highest BCUT2D eigenvalue weighted by atomic mass is 16.5. The molecular weight excluding hydrogens is 188 g/mol. The second kappa shape index (κ2) is 6.05. The van der Waals surface area contributed by atoms with Crippen LogP contribution in [0.5, 0.6) is 5.75 Å². The lowest BCUT2D eigenvalue weighted by Gasteiger charge is -2.15. The first-order chi connectivity index (χ1) is 7.33. The zero-order valence-electron chi connectivity index (χ0n) is 9.16. The predicted molar refractivity (Wildman–Crippen MR) is 60.7 cm³/mol. The molecule has 0 spiro atoms. The van der Waals surface area contributed by atoms with E-state index in [1.165, 1.54) is 0 Å². The Bertz CT molecular complexity index is 344. The van der Waals surface area contributed by atoms with Crippen LogP contribution >= 0.6 is 0 Å². The summed E-state index contributed by atoms with van der Waals surface area (Å²) >= 11 is 0. The molecule has 1 atom stereocenters. The Labute approximate surface area is 90.9 Å². The Morgan fingerprint density at radius 3 is 3.07 bits per heavy atom. The maximum atomic E-state index is 5.48. The average molecular weight is 204 g/mol. The maximum Gasteiger partial charge on any atom is 0.142 e. The quantitative estimate of drug-likeness (QED) is 0.742. The molecule has 0 saturated heterocycles. The smallest absolute Gasteiger partial charge is 0.142 e. The normalized spacial score (nSPS) is 11.8. The largest absolute Gasteiger partial charge is 0.495 e. The van der Waals surface area contributed by atoms with E-state index in [9.17, 15) is 0 Å². The van der Waals surface area contributed by atoms with E-state index in [0.29, 0.717) is 0 Å². The Morgan fingerprint density at radius 1 is 1.67 bits per heavy atom. The first-order valence-corrected chi connectivity index (χ1v) is 5.00. The van der Waals surface area contributed by atoms with Crippen LogP contribution in [-0.4, -0.2) is 18.6 Å². The molecule has 1 N–H and O–H groups in total. The molecule has 0 bridgehead atoms. The molecule has 0 aliphatic carbocycles. The molecule has 3 heteroatoms. The van der Waals surface area contributed by atoms with Crippen LogP contribution in [0, 0.1) is 12.3 Å². The monoisotopic (exact) mass is 204 g/mol. The fraction of sp³-hybridized carbons (Fsp3) is 0.417. The molecule has 1 heterocycles. The summed E-state index contributed by atoms with van der Waals surface area (Å²) in [5.41, 5.74) is 0.962. The molecule has 0 fully saturated rings. The van der Waals surface area contributed by atoms with Crippen LogP contribution in [0.25, 0.3) is 0 Å². The van der Waals surface area contributed by atoms with Gasteiger partial charge in [-0.15, -0.1) is 6.42 Å². The highest BCUT2D eigenvalue weighted by Crippen LogP contribution is 2.22. The van der Waals surface area contributed by atoms with Gasteiger partial charge in [-0.05, 0) is 19.0 Å². The van der Waals surface area contributed by atoms with Gasteiger partial charge in [-0.2, -0.15) is 0 Å². The molecule has 15 heavy (non-hydrogen) atoms. The number of terminal acetylenes is 1. The number of nitrogens with zero attached hydrogens (tertiary/aromatic N) is 1. The molecule has 80 valence electrons. The van der Waals surface area contributed by atoms with Crippen molar-refractivity contribution in [3.8, 4) is 18.1 Å². The average Bonchev–Trinajstić information content (AvgIpc) is 2.30. The Balaban J connectivity index is 2.86. The first kappa shape index (κ1) is 11.5. The molecule has 1 aromatic heterocycles. The molecule has 0 aromatic carbocycles. The van der Waals surface area contributed by atoms with Crippen molar-refractivity contribution in [2.75, 3.05) is 13.7 Å². The number of ether oxygens (including phenoxy) is 1. The van der Waals surface area contributed by atoms with E-state index >= 15 is 0 Å². The minimum Gasteiger partial charge on any atom is -0.495 e. The lowest BCUT2D eigenvalue weighted by molar-refractivity contribution is 0.403. The number of nitrogens with one attached hydrogen (secondary N) is 1. The molecule has 0 aliphatic heterocycles. The van der Waals surface area contributed by atoms with E-state index in [1.807, 2.05) is 6.07 Å². The van der Waals surface area contributed by atoms with Crippen molar-refractivity contribution >= 4 is 0 Å². The van der Waals surface area contributed by atoms with Crippen molar-refractivity contribution in [2.45, 2.75) is 19.4 Å². The van der Waals surface area contributed by atoms with E-state index in [4.69, 9.17) is 11.2 Å². The van der Waals surface area contributed by atoms with Crippen molar-refractivity contribution in [1.29, 1.82) is 0 Å². The van der Waals surface area contributed by atoms with Gasteiger partial charge in [-0.3, -0.25) is 10.3 Å². The van der Waals surface area contributed by atoms with Crippen LogP contribution in [0.2, 0.25) is 0 Å². The van der Waals surface area contributed by atoms with E-state index in [1.54, 1.807) is 19.5 Å². The van der Waals surface area contributed by atoms with Crippen LogP contribution in [-0.2, 0) is 0 Å². The zero-order chi connectivity index (χ0) is 11.1. The third-order valence-electron chi connectivity index (χ3n) is 2.11. The number of pyridine rings is 1. The number of hydrogen-bond acceptors (Lipinski definition) is 3. The second-order valence-corrected chi connectivity index (χ2v) is 3.17. The van der Waals surface area contributed by atoms with Crippen molar-refractivity contribution in [1.82, 2.24) is 10.3 Å². The Kier molecular flexibility index (Phi) is 4.65. The van der Waals surface area contributed by atoms with Gasteiger partial charge < -0.3 is 4.74 Å². The molecule has 0 aliphatic rings. The lowest BCUT2D eigenvalue weighted by Crippen LogP contribution is -2.21. The van der Waals surface area contributed by atoms with Gasteiger partial charge in [-0.1, -0.05) is 12.8 Å². The summed E-state index contributed by atoms with van der Waals surface area (Å²) in [5.74, 6) is 3.43. The van der Waals surface area contributed by atoms with Gasteiger partial charge in [0.1, 0.15) is 5.75 Å². The fourth-order valence-corrected chi connectivity index (χ4v) is 1.35. The van der Waals surface area contributed by atoms with Crippen LogP contribution in [0.3, 0.4) is 0 Å². The van der Waals surface area contributed by atoms with Crippen LogP contribution in [0.4, 0.5) is 0 Å². The summed E-state index contributed by atoms with van der Waals surface area (Å²) in [4.78, 5) is 3.99. The minimum absolute atomic E-state index is 0.108. The van der Waals surface area contributed by atoms with Gasteiger partial charge in [0.15, 0.2) is 0 Å². The van der Waals surface area contributed by atoms with Crippen LogP contribution < -0.4 is 10.1 Å². The molecular formula is C12H16N2O. The first-order valence-electron chi connectivity index (χ1n) is 5.00. The predicted octanol–water partition coefficient (Wildman–Crippen LogP) is 1.76. The van der Waals surface area contributed by atoms with E-state index in [-0.39, 0.29) is 6.04 Å². The zero-order valence-corrected chi connectivity index (χ0v) is 9.16. The summed E-state index contributed by atoms with van der Waals surface area (Å²) in [7, 11) is 1.62. The van der Waals surface area contributed by atoms with Crippen molar-refractivity contribution in [3.63, 3.8) is 0 Å².